The molecule has 0 saturated carbocycles. The molecular formula is C32H25F4N3O3S. The first-order valence-electron chi connectivity index (χ1n) is 12.9. The van der Waals surface area contributed by atoms with E-state index in [1.54, 1.807) is 60.7 Å². The fourth-order valence-electron chi connectivity index (χ4n) is 3.83. The van der Waals surface area contributed by atoms with Crippen LogP contribution in [0.5, 0.6) is 0 Å². The molecule has 0 saturated heterocycles. The van der Waals surface area contributed by atoms with Gasteiger partial charge in [-0.15, -0.1) is 11.8 Å². The first-order valence-corrected chi connectivity index (χ1v) is 13.8. The predicted octanol–water partition coefficient (Wildman–Crippen LogP) is 7.08. The maximum Gasteiger partial charge on any atom is 0.272 e. The molecule has 11 heteroatoms. The Hall–Kier alpha value is -4.90. The van der Waals surface area contributed by atoms with Gasteiger partial charge in [-0.05, 0) is 67.4 Å². The van der Waals surface area contributed by atoms with Crippen molar-refractivity contribution < 1.29 is 31.9 Å². The van der Waals surface area contributed by atoms with Crippen LogP contribution >= 0.6 is 11.8 Å². The zero-order valence-electron chi connectivity index (χ0n) is 22.9. The van der Waals surface area contributed by atoms with Crippen LogP contribution in [0.3, 0.4) is 0 Å². The first-order chi connectivity index (χ1) is 20.5. The fourth-order valence-corrected chi connectivity index (χ4v) is 4.69. The van der Waals surface area contributed by atoms with E-state index in [0.717, 1.165) is 22.9 Å². The lowest BCUT2D eigenvalue weighted by Gasteiger charge is -2.14. The van der Waals surface area contributed by atoms with Crippen molar-refractivity contribution in [3.05, 3.63) is 131 Å². The molecule has 0 aliphatic carbocycles. The lowest BCUT2D eigenvalue weighted by molar-refractivity contribution is -0.115. The maximum absolute atomic E-state index is 13.9. The number of nitrogens with one attached hydrogen (secondary N) is 3. The first kappa shape index (κ1) is 31.0. The second kappa shape index (κ2) is 13.8. The van der Waals surface area contributed by atoms with Crippen molar-refractivity contribution >= 4 is 46.9 Å². The minimum absolute atomic E-state index is 0.0140. The summed E-state index contributed by atoms with van der Waals surface area (Å²) in [5.41, 5.74) is 1.20. The second-order valence-electron chi connectivity index (χ2n) is 9.31. The standard InChI is InChI=1S/C32H25F4N3O3S/c1-18-8-6-7-11-21(18)16-26(38-31(41)20-9-4-3-5-10-20)32(42)37-22-12-14-23(15-13-22)43-19(2)30(40)39-29-27(35)24(33)17-25(34)28(29)36/h3-17,19H,1-2H3,(H,37,42)(H,38,41)(H,39,40)/b26-16-. The highest BCUT2D eigenvalue weighted by Gasteiger charge is 2.23. The van der Waals surface area contributed by atoms with Crippen LogP contribution < -0.4 is 16.0 Å². The van der Waals surface area contributed by atoms with Crippen LogP contribution in [0.4, 0.5) is 28.9 Å². The van der Waals surface area contributed by atoms with Gasteiger partial charge in [0.05, 0.1) is 5.25 Å². The van der Waals surface area contributed by atoms with Crippen molar-refractivity contribution in [2.24, 2.45) is 0 Å². The van der Waals surface area contributed by atoms with E-state index in [9.17, 15) is 31.9 Å². The lowest BCUT2D eigenvalue weighted by atomic mass is 10.1. The van der Waals surface area contributed by atoms with E-state index in [2.05, 4.69) is 10.6 Å². The molecule has 0 aliphatic heterocycles. The number of benzene rings is 4. The quantitative estimate of drug-likeness (QED) is 0.0822. The Balaban J connectivity index is 1.45. The Morgan fingerprint density at radius 3 is 2.02 bits per heavy atom. The summed E-state index contributed by atoms with van der Waals surface area (Å²) in [6, 6.07) is 22.2. The van der Waals surface area contributed by atoms with E-state index >= 15 is 0 Å². The average molecular weight is 608 g/mol. The summed E-state index contributed by atoms with van der Waals surface area (Å²) in [5.74, 6) is -8.61. The van der Waals surface area contributed by atoms with Gasteiger partial charge in [0.2, 0.25) is 5.91 Å². The number of amides is 3. The van der Waals surface area contributed by atoms with Crippen LogP contribution in [0.2, 0.25) is 0 Å². The number of carbonyl (C=O) groups excluding carboxylic acids is 3. The van der Waals surface area contributed by atoms with Crippen molar-refractivity contribution in [3.63, 3.8) is 0 Å². The summed E-state index contributed by atoms with van der Waals surface area (Å²) >= 11 is 1.01. The van der Waals surface area contributed by atoms with Crippen molar-refractivity contribution in [1.82, 2.24) is 5.32 Å². The number of hydrogen-bond acceptors (Lipinski definition) is 4. The van der Waals surface area contributed by atoms with Crippen LogP contribution in [-0.2, 0) is 9.59 Å². The Bertz CT molecular complexity index is 1670. The molecule has 220 valence electrons. The third-order valence-corrected chi connectivity index (χ3v) is 7.28. The lowest BCUT2D eigenvalue weighted by Crippen LogP contribution is -2.30. The third kappa shape index (κ3) is 7.89. The van der Waals surface area contributed by atoms with Crippen LogP contribution in [0.25, 0.3) is 6.08 Å². The molecule has 0 spiro atoms. The molecule has 43 heavy (non-hydrogen) atoms. The highest BCUT2D eigenvalue weighted by Crippen LogP contribution is 2.28. The zero-order chi connectivity index (χ0) is 31.1. The molecule has 0 aromatic heterocycles. The Kier molecular flexibility index (Phi) is 9.99. The summed E-state index contributed by atoms with van der Waals surface area (Å²) < 4.78 is 54.8. The number of anilines is 2. The van der Waals surface area contributed by atoms with Gasteiger partial charge in [0.1, 0.15) is 11.4 Å². The monoisotopic (exact) mass is 607 g/mol. The van der Waals surface area contributed by atoms with Gasteiger partial charge in [-0.25, -0.2) is 17.6 Å². The molecule has 0 radical (unpaired) electrons. The summed E-state index contributed by atoms with van der Waals surface area (Å²) in [5, 5.41) is 6.39. The van der Waals surface area contributed by atoms with E-state index in [0.29, 0.717) is 16.1 Å². The summed E-state index contributed by atoms with van der Waals surface area (Å²) in [6.07, 6.45) is 1.58. The van der Waals surface area contributed by atoms with Crippen molar-refractivity contribution in [3.8, 4) is 0 Å². The average Bonchev–Trinajstić information content (AvgIpc) is 3.00. The normalized spacial score (nSPS) is 11.9. The molecule has 4 aromatic carbocycles. The number of thioether (sulfide) groups is 1. The Morgan fingerprint density at radius 1 is 0.791 bits per heavy atom. The molecule has 1 unspecified atom stereocenters. The van der Waals surface area contributed by atoms with E-state index in [1.807, 2.05) is 36.5 Å². The molecule has 4 aromatic rings. The highest BCUT2D eigenvalue weighted by molar-refractivity contribution is 8.00. The van der Waals surface area contributed by atoms with Crippen LogP contribution in [0.1, 0.15) is 28.4 Å². The molecule has 6 nitrogen and oxygen atoms in total. The number of rotatable bonds is 9. The SMILES string of the molecule is Cc1ccccc1/C=C(\NC(=O)c1ccccc1)C(=O)Nc1ccc(SC(C)C(=O)Nc2c(F)c(F)cc(F)c2F)cc1. The van der Waals surface area contributed by atoms with Gasteiger partial charge in [0.15, 0.2) is 23.3 Å². The number of halogens is 4. The molecule has 0 heterocycles. The smallest absolute Gasteiger partial charge is 0.272 e. The molecule has 1 atom stereocenters. The summed E-state index contributed by atoms with van der Waals surface area (Å²) in [4.78, 5) is 39.1. The van der Waals surface area contributed by atoms with Crippen molar-refractivity contribution in [2.75, 3.05) is 10.6 Å². The second-order valence-corrected chi connectivity index (χ2v) is 10.7. The van der Waals surface area contributed by atoms with Crippen LogP contribution in [-0.4, -0.2) is 23.0 Å². The molecular weight excluding hydrogens is 582 g/mol. The number of carbonyl (C=O) groups is 3. The van der Waals surface area contributed by atoms with E-state index in [4.69, 9.17) is 0 Å². The van der Waals surface area contributed by atoms with Gasteiger partial charge in [-0.3, -0.25) is 14.4 Å². The van der Waals surface area contributed by atoms with Gasteiger partial charge in [0, 0.05) is 22.2 Å². The van der Waals surface area contributed by atoms with Crippen LogP contribution in [0.15, 0.2) is 95.5 Å². The van der Waals surface area contributed by atoms with Gasteiger partial charge in [-0.2, -0.15) is 0 Å². The summed E-state index contributed by atoms with van der Waals surface area (Å²) in [7, 11) is 0. The van der Waals surface area contributed by atoms with Gasteiger partial charge in [0.25, 0.3) is 11.8 Å². The molecule has 0 bridgehead atoms. The van der Waals surface area contributed by atoms with E-state index < -0.39 is 51.9 Å². The topological polar surface area (TPSA) is 87.3 Å². The van der Waals surface area contributed by atoms with Crippen molar-refractivity contribution in [2.45, 2.75) is 24.0 Å². The molecule has 3 amide bonds. The van der Waals surface area contributed by atoms with Crippen molar-refractivity contribution in [1.29, 1.82) is 0 Å². The van der Waals surface area contributed by atoms with E-state index in [1.165, 1.54) is 6.92 Å². The highest BCUT2D eigenvalue weighted by atomic mass is 32.2. The van der Waals surface area contributed by atoms with Gasteiger partial charge < -0.3 is 16.0 Å². The Labute approximate surface area is 249 Å². The maximum atomic E-state index is 13.9. The molecule has 4 rings (SSSR count). The molecule has 0 fully saturated rings. The summed E-state index contributed by atoms with van der Waals surface area (Å²) in [6.45, 7) is 3.32. The largest absolute Gasteiger partial charge is 0.321 e. The van der Waals surface area contributed by atoms with Crippen LogP contribution in [0, 0.1) is 30.2 Å². The predicted molar refractivity (Wildman–Crippen MR) is 158 cm³/mol. The zero-order valence-corrected chi connectivity index (χ0v) is 23.7. The van der Waals surface area contributed by atoms with Gasteiger partial charge in [-0.1, -0.05) is 42.5 Å². The minimum atomic E-state index is -1.71. The minimum Gasteiger partial charge on any atom is -0.321 e. The fraction of sp³-hybridized carbons (Fsp3) is 0.0938. The van der Waals surface area contributed by atoms with E-state index in [-0.39, 0.29) is 11.8 Å². The number of hydrogen-bond donors (Lipinski definition) is 3. The molecule has 0 aliphatic rings. The molecule has 3 N–H and O–H groups in total. The Morgan fingerprint density at radius 2 is 1.40 bits per heavy atom. The number of aryl methyl sites for hydroxylation is 1. The van der Waals surface area contributed by atoms with Gasteiger partial charge >= 0.3 is 0 Å². The third-order valence-electron chi connectivity index (χ3n) is 6.17.